The van der Waals surface area contributed by atoms with Crippen molar-refractivity contribution in [2.45, 2.75) is 110 Å². The summed E-state index contributed by atoms with van der Waals surface area (Å²) < 4.78 is 20.3. The highest BCUT2D eigenvalue weighted by molar-refractivity contribution is 6.31. The number of ether oxygens (including phenoxy) is 3. The number of nitriles is 1. The van der Waals surface area contributed by atoms with Crippen molar-refractivity contribution in [2.75, 3.05) is 54.6 Å². The van der Waals surface area contributed by atoms with Crippen LogP contribution < -0.4 is 29.9 Å². The molecule has 5 aromatic rings. The van der Waals surface area contributed by atoms with E-state index in [0.717, 1.165) is 86.6 Å². The van der Waals surface area contributed by atoms with Gasteiger partial charge in [0.15, 0.2) is 5.65 Å². The molecule has 1 aliphatic carbocycles. The number of carbonyl (C=O) groups excluding carboxylic acids is 1. The van der Waals surface area contributed by atoms with E-state index in [9.17, 15) is 15.2 Å². The summed E-state index contributed by atoms with van der Waals surface area (Å²) in [5.41, 5.74) is 2.96. The van der Waals surface area contributed by atoms with E-state index in [1.807, 2.05) is 29.0 Å². The fourth-order valence-electron chi connectivity index (χ4n) is 10.1. The number of benzene rings is 1. The van der Waals surface area contributed by atoms with Crippen LogP contribution in [-0.2, 0) is 17.7 Å². The number of nitrogens with one attached hydrogen (secondary N) is 2. The molecule has 0 unspecified atom stereocenters. The number of halogens is 1. The normalized spacial score (nSPS) is 20.5. The number of aliphatic hydroxyl groups excluding tert-OH is 1. The van der Waals surface area contributed by atoms with Gasteiger partial charge in [-0.25, -0.2) is 19.9 Å². The fourth-order valence-corrected chi connectivity index (χ4v) is 10.3. The van der Waals surface area contributed by atoms with Crippen LogP contribution in [0.3, 0.4) is 0 Å². The Morgan fingerprint density at radius 2 is 1.75 bits per heavy atom. The molecular weight excluding hydrogens is 846 g/mol. The molecule has 1 aromatic carbocycles. The number of aromatic nitrogens is 6. The first kappa shape index (κ1) is 45.8. The summed E-state index contributed by atoms with van der Waals surface area (Å²) in [5, 5.41) is 30.7. The molecule has 0 spiro atoms. The Bertz CT molecular complexity index is 2450. The Balaban J connectivity index is 0.760. The number of fused-ring (bicyclic) bond motifs is 1. The molecule has 1 atom stereocenters. The maximum atomic E-state index is 13.4. The number of aliphatic hydroxyl groups is 1. The topological polar surface area (TPSA) is 188 Å². The van der Waals surface area contributed by atoms with E-state index in [2.05, 4.69) is 87.2 Å². The third-order valence-corrected chi connectivity index (χ3v) is 13.6. The van der Waals surface area contributed by atoms with Crippen molar-refractivity contribution in [3.05, 3.63) is 88.5 Å². The number of rotatable bonds is 17. The molecule has 0 bridgehead atoms. The van der Waals surface area contributed by atoms with Crippen LogP contribution in [0, 0.1) is 22.2 Å². The van der Waals surface area contributed by atoms with E-state index in [4.69, 9.17) is 30.8 Å². The van der Waals surface area contributed by atoms with Crippen LogP contribution in [-0.4, -0.2) is 104 Å². The number of pyridine rings is 1. The van der Waals surface area contributed by atoms with E-state index >= 15 is 0 Å². The quantitative estimate of drug-likeness (QED) is 0.0807. The molecule has 1 saturated carbocycles. The Hall–Kier alpha value is -5.76. The number of hydrogen-bond acceptors (Lipinski definition) is 14. The van der Waals surface area contributed by atoms with Crippen LogP contribution in [0.25, 0.3) is 5.65 Å². The lowest BCUT2D eigenvalue weighted by Gasteiger charge is -2.63. The summed E-state index contributed by atoms with van der Waals surface area (Å²) in [6, 6.07) is 13.2. The minimum absolute atomic E-state index is 0.0936. The molecule has 2 aliphatic heterocycles. The van der Waals surface area contributed by atoms with Gasteiger partial charge in [0.1, 0.15) is 36.2 Å². The van der Waals surface area contributed by atoms with Crippen molar-refractivity contribution < 1.29 is 24.1 Å². The molecule has 2 saturated heterocycles. The van der Waals surface area contributed by atoms with Crippen molar-refractivity contribution in [1.29, 1.82) is 5.26 Å². The van der Waals surface area contributed by atoms with Gasteiger partial charge >= 0.3 is 0 Å². The summed E-state index contributed by atoms with van der Waals surface area (Å²) in [7, 11) is 0. The van der Waals surface area contributed by atoms with Crippen molar-refractivity contribution >= 4 is 40.7 Å². The van der Waals surface area contributed by atoms with Crippen LogP contribution >= 0.6 is 11.6 Å². The highest BCUT2D eigenvalue weighted by Crippen LogP contribution is 2.55. The summed E-state index contributed by atoms with van der Waals surface area (Å²) >= 11 is 6.25. The third kappa shape index (κ3) is 9.92. The monoisotopic (exact) mass is 905 g/mol. The molecule has 3 fully saturated rings. The number of nitrogens with zero attached hydrogens (tertiary/aromatic N) is 9. The van der Waals surface area contributed by atoms with Crippen LogP contribution in [0.2, 0.25) is 5.02 Å². The van der Waals surface area contributed by atoms with E-state index in [0.29, 0.717) is 53.5 Å². The first-order valence-corrected chi connectivity index (χ1v) is 23.2. The molecule has 65 heavy (non-hydrogen) atoms. The van der Waals surface area contributed by atoms with E-state index < -0.39 is 0 Å². The molecular formula is C48H60ClN11O5. The average molecular weight is 907 g/mol. The number of piperidine rings is 2. The number of anilines is 3. The second-order valence-electron chi connectivity index (χ2n) is 18.4. The minimum atomic E-state index is -0.388. The zero-order chi connectivity index (χ0) is 45.7. The predicted molar refractivity (Wildman–Crippen MR) is 249 cm³/mol. The van der Waals surface area contributed by atoms with Crippen molar-refractivity contribution in [2.24, 2.45) is 10.8 Å². The highest BCUT2D eigenvalue weighted by atomic mass is 35.5. The first-order chi connectivity index (χ1) is 31.4. The minimum Gasteiger partial charge on any atom is -0.489 e. The van der Waals surface area contributed by atoms with Gasteiger partial charge in [-0.1, -0.05) is 52.3 Å². The summed E-state index contributed by atoms with van der Waals surface area (Å²) in [5.74, 6) is 3.25. The van der Waals surface area contributed by atoms with Crippen molar-refractivity contribution in [3.8, 4) is 17.7 Å². The molecule has 0 radical (unpaired) electrons. The maximum Gasteiger partial charge on any atom is 0.254 e. The molecule has 17 heteroatoms. The molecule has 1 amide bonds. The van der Waals surface area contributed by atoms with E-state index in [-0.39, 0.29) is 47.6 Å². The SMILES string of the molecule is CCc1cnn2c(NCc3ccc(OCCOC4CCN(c5ncc(C(=O)N[C@H]6C(C)(C)[C@H](Oc7ccc(C#N)c(Cl)c7)C6(C)C)cn5)CC4)nc3)cc(N3CCCC[C@H]3CCO)nc12. The second-order valence-corrected chi connectivity index (χ2v) is 18.9. The van der Waals surface area contributed by atoms with Gasteiger partial charge in [-0.05, 0) is 62.6 Å². The number of hydrogen-bond donors (Lipinski definition) is 3. The molecule has 6 heterocycles. The standard InChI is InChI=1S/C48H60ClN11O5/c1-6-32-30-55-60-39(24-40(56-42(32)60)59-17-8-7-9-35(59)16-20-61)51-26-31-10-13-41(52-27-31)64-22-21-63-36-14-18-58(19-15-36)46-53-28-34(29-54-46)43(62)57-44-47(2,3)45(48(44,4)5)65-37-12-11-33(25-50)38(49)23-37/h10-13,23-24,27-30,35-36,44-45,51,61H,6-9,14-22,26H2,1-5H3,(H,57,62)/t35-,44-,45-/m0/s1. The van der Waals surface area contributed by atoms with Crippen molar-refractivity contribution in [3.63, 3.8) is 0 Å². The van der Waals surface area contributed by atoms with Crippen LogP contribution in [0.15, 0.2) is 61.2 Å². The molecule has 8 rings (SSSR count). The Morgan fingerprint density at radius 3 is 2.45 bits per heavy atom. The summed E-state index contributed by atoms with van der Waals surface area (Å²) in [6.07, 6.45) is 13.3. The predicted octanol–water partition coefficient (Wildman–Crippen LogP) is 7.03. The molecule has 16 nitrogen and oxygen atoms in total. The Morgan fingerprint density at radius 1 is 0.969 bits per heavy atom. The zero-order valence-corrected chi connectivity index (χ0v) is 38.7. The average Bonchev–Trinajstić information content (AvgIpc) is 3.74. The van der Waals surface area contributed by atoms with Gasteiger partial charge in [0.25, 0.3) is 5.91 Å². The number of carbonyl (C=O) groups is 1. The molecule has 4 aromatic heterocycles. The zero-order valence-electron chi connectivity index (χ0n) is 38.0. The van der Waals surface area contributed by atoms with E-state index in [1.54, 1.807) is 30.6 Å². The van der Waals surface area contributed by atoms with Crippen molar-refractivity contribution in [1.82, 2.24) is 34.9 Å². The van der Waals surface area contributed by atoms with Crippen LogP contribution in [0.1, 0.15) is 100 Å². The number of aryl methyl sites for hydroxylation is 1. The van der Waals surface area contributed by atoms with Gasteiger partial charge < -0.3 is 39.8 Å². The molecule has 3 N–H and O–H groups in total. The lowest BCUT2D eigenvalue weighted by atomic mass is 9.49. The lowest BCUT2D eigenvalue weighted by Crippen LogP contribution is -2.74. The van der Waals surface area contributed by atoms with Gasteiger partial charge in [-0.15, -0.1) is 0 Å². The van der Waals surface area contributed by atoms with Crippen LogP contribution in [0.4, 0.5) is 17.6 Å². The molecule has 3 aliphatic rings. The van der Waals surface area contributed by atoms with Gasteiger partial charge in [0.05, 0.1) is 35.1 Å². The largest absolute Gasteiger partial charge is 0.489 e. The second kappa shape index (κ2) is 19.8. The Kier molecular flexibility index (Phi) is 13.9. The van der Waals surface area contributed by atoms with E-state index in [1.165, 1.54) is 6.42 Å². The third-order valence-electron chi connectivity index (χ3n) is 13.3. The highest BCUT2D eigenvalue weighted by Gasteiger charge is 2.64. The van der Waals surface area contributed by atoms with Gasteiger partial charge in [-0.2, -0.15) is 14.9 Å². The van der Waals surface area contributed by atoms with Gasteiger partial charge in [0, 0.05) is 98.1 Å². The lowest BCUT2D eigenvalue weighted by molar-refractivity contribution is -0.164. The smallest absolute Gasteiger partial charge is 0.254 e. The van der Waals surface area contributed by atoms with Crippen LogP contribution in [0.5, 0.6) is 11.6 Å². The number of amides is 1. The molecule has 344 valence electrons. The Labute approximate surface area is 385 Å². The summed E-state index contributed by atoms with van der Waals surface area (Å²) in [4.78, 5) is 36.6. The fraction of sp³-hybridized carbons (Fsp3) is 0.521. The maximum absolute atomic E-state index is 13.4. The summed E-state index contributed by atoms with van der Waals surface area (Å²) in [6.45, 7) is 14.3. The first-order valence-electron chi connectivity index (χ1n) is 22.8. The van der Waals surface area contributed by atoms with Gasteiger partial charge in [-0.3, -0.25) is 4.79 Å². The van der Waals surface area contributed by atoms with Gasteiger partial charge in [0.2, 0.25) is 11.8 Å².